The van der Waals surface area contributed by atoms with Crippen LogP contribution < -0.4 is 0 Å². The molecule has 0 heterocycles. The molecule has 0 aromatic carbocycles. The summed E-state index contributed by atoms with van der Waals surface area (Å²) < 4.78 is 15.5. The van der Waals surface area contributed by atoms with E-state index in [1.165, 1.54) is 0 Å². The van der Waals surface area contributed by atoms with E-state index < -0.39 is 17.4 Å². The van der Waals surface area contributed by atoms with Gasteiger partial charge >= 0.3 is 17.9 Å². The van der Waals surface area contributed by atoms with Crippen molar-refractivity contribution < 1.29 is 28.6 Å². The molecule has 0 bridgehead atoms. The van der Waals surface area contributed by atoms with Crippen molar-refractivity contribution in [3.63, 3.8) is 0 Å². The first-order chi connectivity index (χ1) is 10.9. The van der Waals surface area contributed by atoms with Gasteiger partial charge in [-0.2, -0.15) is 25.3 Å². The minimum Gasteiger partial charge on any atom is -0.465 e. The average Bonchev–Trinajstić information content (AvgIpc) is 2.50. The molecule has 134 valence electrons. The predicted molar refractivity (Wildman–Crippen MR) is 92.8 cm³/mol. The maximum absolute atomic E-state index is 11.5. The van der Waals surface area contributed by atoms with Crippen LogP contribution in [0.2, 0.25) is 0 Å². The van der Waals surface area contributed by atoms with E-state index >= 15 is 0 Å². The van der Waals surface area contributed by atoms with Crippen molar-refractivity contribution in [3.05, 3.63) is 0 Å². The summed E-state index contributed by atoms with van der Waals surface area (Å²) in [5.74, 6) is -0.349. The fourth-order valence-corrected chi connectivity index (χ4v) is 1.86. The van der Waals surface area contributed by atoms with Crippen molar-refractivity contribution in [2.75, 3.05) is 31.3 Å². The van der Waals surface area contributed by atoms with Gasteiger partial charge in [-0.25, -0.2) is 0 Å². The Kier molecular flexibility index (Phi) is 12.0. The third-order valence-corrected chi connectivity index (χ3v) is 3.28. The highest BCUT2D eigenvalue weighted by Crippen LogP contribution is 2.20. The Morgan fingerprint density at radius 1 is 0.783 bits per heavy atom. The second kappa shape index (κ2) is 12.5. The van der Waals surface area contributed by atoms with Crippen LogP contribution in [0, 0.1) is 5.41 Å². The fraction of sp³-hybridized carbons (Fsp3) is 0.800. The van der Waals surface area contributed by atoms with Crippen LogP contribution in [0.3, 0.4) is 0 Å². The van der Waals surface area contributed by atoms with Gasteiger partial charge < -0.3 is 14.2 Å². The van der Waals surface area contributed by atoms with Crippen molar-refractivity contribution in [2.24, 2.45) is 5.41 Å². The Bertz CT molecular complexity index is 331. The van der Waals surface area contributed by atoms with E-state index in [4.69, 9.17) is 14.2 Å². The molecule has 0 saturated heterocycles. The number of rotatable bonds is 12. The SMILES string of the molecule is CCCC(=O)OCC(C)(COC(=O)CCS)COC(=O)CCS. The lowest BCUT2D eigenvalue weighted by Gasteiger charge is -2.28. The smallest absolute Gasteiger partial charge is 0.306 e. The highest BCUT2D eigenvalue weighted by Gasteiger charge is 2.30. The van der Waals surface area contributed by atoms with E-state index in [0.29, 0.717) is 24.3 Å². The molecule has 0 aliphatic carbocycles. The molecule has 0 saturated carbocycles. The molecule has 0 aliphatic rings. The summed E-state index contributed by atoms with van der Waals surface area (Å²) in [6, 6.07) is 0. The van der Waals surface area contributed by atoms with Gasteiger partial charge in [0.25, 0.3) is 0 Å². The van der Waals surface area contributed by atoms with Crippen molar-refractivity contribution in [1.29, 1.82) is 0 Å². The summed E-state index contributed by atoms with van der Waals surface area (Å²) in [5.41, 5.74) is -0.790. The third-order valence-electron chi connectivity index (χ3n) is 2.83. The van der Waals surface area contributed by atoms with E-state index in [1.807, 2.05) is 6.92 Å². The van der Waals surface area contributed by atoms with Crippen LogP contribution >= 0.6 is 25.3 Å². The van der Waals surface area contributed by atoms with Gasteiger partial charge in [-0.15, -0.1) is 0 Å². The van der Waals surface area contributed by atoms with Crippen LogP contribution in [-0.2, 0) is 28.6 Å². The minimum atomic E-state index is -0.790. The van der Waals surface area contributed by atoms with Crippen LogP contribution in [0.25, 0.3) is 0 Å². The summed E-state index contributed by atoms with van der Waals surface area (Å²) in [6.07, 6.45) is 1.38. The molecule has 0 fully saturated rings. The Labute approximate surface area is 148 Å². The zero-order chi connectivity index (χ0) is 17.7. The monoisotopic (exact) mass is 366 g/mol. The van der Waals surface area contributed by atoms with Crippen molar-refractivity contribution in [1.82, 2.24) is 0 Å². The zero-order valence-electron chi connectivity index (χ0n) is 13.7. The van der Waals surface area contributed by atoms with Gasteiger partial charge in [0.1, 0.15) is 19.8 Å². The first-order valence-electron chi connectivity index (χ1n) is 7.55. The molecular weight excluding hydrogens is 340 g/mol. The molecule has 0 spiro atoms. The molecule has 0 N–H and O–H groups in total. The predicted octanol–water partition coefficient (Wildman–Crippen LogP) is 2.06. The topological polar surface area (TPSA) is 78.9 Å². The standard InChI is InChI=1S/C15H26O6S2/c1-3-4-12(16)19-9-15(2,10-20-13(17)5-7-22)11-21-14(18)6-8-23/h22-23H,3-11H2,1-2H3. The van der Waals surface area contributed by atoms with Crippen LogP contribution in [0.4, 0.5) is 0 Å². The number of carbonyl (C=O) groups is 3. The van der Waals surface area contributed by atoms with E-state index in [9.17, 15) is 14.4 Å². The van der Waals surface area contributed by atoms with Gasteiger partial charge in [0.15, 0.2) is 0 Å². The zero-order valence-corrected chi connectivity index (χ0v) is 15.5. The summed E-state index contributed by atoms with van der Waals surface area (Å²) in [7, 11) is 0. The van der Waals surface area contributed by atoms with Crippen LogP contribution in [0.15, 0.2) is 0 Å². The molecule has 0 radical (unpaired) electrons. The average molecular weight is 367 g/mol. The number of carbonyl (C=O) groups excluding carboxylic acids is 3. The van der Waals surface area contributed by atoms with E-state index in [2.05, 4.69) is 25.3 Å². The molecule has 0 atom stereocenters. The molecule has 0 aromatic rings. The normalized spacial score (nSPS) is 11.0. The lowest BCUT2D eigenvalue weighted by Crippen LogP contribution is -2.37. The molecule has 6 nitrogen and oxygen atoms in total. The minimum absolute atomic E-state index is 0.00677. The summed E-state index contributed by atoms with van der Waals surface area (Å²) >= 11 is 7.92. The number of hydrogen-bond acceptors (Lipinski definition) is 8. The van der Waals surface area contributed by atoms with Gasteiger partial charge in [-0.3, -0.25) is 14.4 Å². The molecule has 0 unspecified atom stereocenters. The lowest BCUT2D eigenvalue weighted by molar-refractivity contribution is -0.160. The highest BCUT2D eigenvalue weighted by atomic mass is 32.1. The van der Waals surface area contributed by atoms with Crippen molar-refractivity contribution in [3.8, 4) is 0 Å². The lowest BCUT2D eigenvalue weighted by atomic mass is 9.94. The molecule has 0 rings (SSSR count). The second-order valence-corrected chi connectivity index (χ2v) is 6.38. The van der Waals surface area contributed by atoms with Gasteiger partial charge in [-0.05, 0) is 13.3 Å². The quantitative estimate of drug-likeness (QED) is 0.313. The van der Waals surface area contributed by atoms with Crippen molar-refractivity contribution >= 4 is 43.2 Å². The van der Waals surface area contributed by atoms with Gasteiger partial charge in [-0.1, -0.05) is 6.92 Å². The van der Waals surface area contributed by atoms with Gasteiger partial charge in [0.2, 0.25) is 0 Å². The van der Waals surface area contributed by atoms with Gasteiger partial charge in [0, 0.05) is 17.9 Å². The van der Waals surface area contributed by atoms with Crippen molar-refractivity contribution in [2.45, 2.75) is 39.5 Å². The van der Waals surface area contributed by atoms with Gasteiger partial charge in [0.05, 0.1) is 18.3 Å². The summed E-state index contributed by atoms with van der Waals surface area (Å²) in [5, 5.41) is 0. The van der Waals surface area contributed by atoms with E-state index in [-0.39, 0.29) is 38.6 Å². The number of esters is 3. The third kappa shape index (κ3) is 11.3. The summed E-state index contributed by atoms with van der Waals surface area (Å²) in [4.78, 5) is 34.5. The summed E-state index contributed by atoms with van der Waals surface area (Å²) in [6.45, 7) is 3.60. The second-order valence-electron chi connectivity index (χ2n) is 5.49. The van der Waals surface area contributed by atoms with E-state index in [0.717, 1.165) is 0 Å². The Balaban J connectivity index is 4.58. The maximum atomic E-state index is 11.5. The Morgan fingerprint density at radius 3 is 1.43 bits per heavy atom. The first kappa shape index (κ1) is 22.1. The molecule has 0 aromatic heterocycles. The molecule has 0 aliphatic heterocycles. The Hall–Kier alpha value is -0.890. The Morgan fingerprint density at radius 2 is 1.13 bits per heavy atom. The first-order valence-corrected chi connectivity index (χ1v) is 8.82. The largest absolute Gasteiger partial charge is 0.465 e. The van der Waals surface area contributed by atoms with E-state index in [1.54, 1.807) is 6.92 Å². The van der Waals surface area contributed by atoms with Crippen LogP contribution in [-0.4, -0.2) is 49.2 Å². The van der Waals surface area contributed by atoms with Crippen LogP contribution in [0.1, 0.15) is 39.5 Å². The number of ether oxygens (including phenoxy) is 3. The highest BCUT2D eigenvalue weighted by molar-refractivity contribution is 7.80. The molecule has 0 amide bonds. The van der Waals surface area contributed by atoms with Crippen LogP contribution in [0.5, 0.6) is 0 Å². The number of thiol groups is 2. The number of hydrogen-bond donors (Lipinski definition) is 2. The molecular formula is C15H26O6S2. The maximum Gasteiger partial charge on any atom is 0.306 e. The molecule has 8 heteroatoms. The fourth-order valence-electron chi connectivity index (χ4n) is 1.49. The molecule has 23 heavy (non-hydrogen) atoms.